The number of benzene rings is 2. The Kier molecular flexibility index (Phi) is 4.14. The summed E-state index contributed by atoms with van der Waals surface area (Å²) in [4.78, 5) is 17.0. The lowest BCUT2D eigenvalue weighted by Crippen LogP contribution is -2.47. The summed E-state index contributed by atoms with van der Waals surface area (Å²) in [7, 11) is 0. The molecule has 1 atom stereocenters. The molecule has 1 unspecified atom stereocenters. The van der Waals surface area contributed by atoms with Crippen molar-refractivity contribution in [2.24, 2.45) is 0 Å². The highest BCUT2D eigenvalue weighted by molar-refractivity contribution is 5.99. The maximum Gasteiger partial charge on any atom is 0.249 e. The highest BCUT2D eigenvalue weighted by Gasteiger charge is 2.30. The molecule has 2 aromatic rings. The van der Waals surface area contributed by atoms with E-state index in [1.165, 1.54) is 11.3 Å². The highest BCUT2D eigenvalue weighted by atomic mass is 16.2. The average Bonchev–Trinajstić information content (AvgIpc) is 3.00. The zero-order chi connectivity index (χ0) is 15.5. The second-order valence-electron chi connectivity index (χ2n) is 5.67. The van der Waals surface area contributed by atoms with Gasteiger partial charge in [-0.15, -0.1) is 0 Å². The third-order valence-electron chi connectivity index (χ3n) is 4.40. The number of nitrogens with zero attached hydrogens (tertiary/aromatic N) is 2. The molecule has 0 N–H and O–H groups in total. The summed E-state index contributed by atoms with van der Waals surface area (Å²) in [6, 6.07) is 18.1. The molecule has 2 aromatic carbocycles. The summed E-state index contributed by atoms with van der Waals surface area (Å²) in [5.74, 6) is 0.158. The maximum atomic E-state index is 13.0. The third-order valence-corrected chi connectivity index (χ3v) is 4.40. The van der Waals surface area contributed by atoms with Crippen LogP contribution in [0, 0.1) is 0 Å². The van der Waals surface area contributed by atoms with Crippen LogP contribution in [0.25, 0.3) is 0 Å². The largest absolute Gasteiger partial charge is 0.359 e. The molecule has 3 nitrogen and oxygen atoms in total. The fourth-order valence-electron chi connectivity index (χ4n) is 3.20. The van der Waals surface area contributed by atoms with Crippen molar-refractivity contribution >= 4 is 17.3 Å². The summed E-state index contributed by atoms with van der Waals surface area (Å²) in [6.07, 6.45) is 1.02. The van der Waals surface area contributed by atoms with Crippen LogP contribution in [-0.4, -0.2) is 25.0 Å². The van der Waals surface area contributed by atoms with E-state index in [9.17, 15) is 4.79 Å². The van der Waals surface area contributed by atoms with Gasteiger partial charge in [0.05, 0.1) is 0 Å². The minimum Gasteiger partial charge on any atom is -0.359 e. The highest BCUT2D eigenvalue weighted by Crippen LogP contribution is 2.30. The molecule has 0 aliphatic carbocycles. The Morgan fingerprint density at radius 1 is 1.14 bits per heavy atom. The molecule has 0 spiro atoms. The zero-order valence-corrected chi connectivity index (χ0v) is 13.2. The van der Waals surface area contributed by atoms with Gasteiger partial charge in [0.15, 0.2) is 0 Å². The molecule has 0 radical (unpaired) electrons. The minimum atomic E-state index is -0.149. The normalized spacial score (nSPS) is 14.5. The molecule has 3 heteroatoms. The summed E-state index contributed by atoms with van der Waals surface area (Å²) in [5.41, 5.74) is 3.51. The summed E-state index contributed by atoms with van der Waals surface area (Å²) in [5, 5.41) is 0. The Morgan fingerprint density at radius 3 is 2.55 bits per heavy atom. The van der Waals surface area contributed by atoms with Gasteiger partial charge in [0.2, 0.25) is 5.91 Å². The van der Waals surface area contributed by atoms with Crippen LogP contribution in [0.5, 0.6) is 0 Å². The first-order valence-electron chi connectivity index (χ1n) is 7.93. The molecule has 3 rings (SSSR count). The van der Waals surface area contributed by atoms with Gasteiger partial charge in [-0.25, -0.2) is 0 Å². The zero-order valence-electron chi connectivity index (χ0n) is 13.2. The maximum absolute atomic E-state index is 13.0. The monoisotopic (exact) mass is 294 g/mol. The van der Waals surface area contributed by atoms with Crippen LogP contribution >= 0.6 is 0 Å². The molecule has 0 saturated heterocycles. The summed E-state index contributed by atoms with van der Waals surface area (Å²) < 4.78 is 0. The van der Waals surface area contributed by atoms with Crippen LogP contribution in [-0.2, 0) is 11.2 Å². The average molecular weight is 294 g/mol. The van der Waals surface area contributed by atoms with Gasteiger partial charge in [0.1, 0.15) is 6.04 Å². The molecule has 1 heterocycles. The number of anilines is 2. The van der Waals surface area contributed by atoms with Crippen molar-refractivity contribution in [2.45, 2.75) is 26.3 Å². The van der Waals surface area contributed by atoms with E-state index in [0.29, 0.717) is 6.54 Å². The lowest BCUT2D eigenvalue weighted by Gasteiger charge is -2.31. The number of carbonyl (C=O) groups is 1. The Morgan fingerprint density at radius 2 is 1.82 bits per heavy atom. The Labute approximate surface area is 132 Å². The number of rotatable bonds is 4. The smallest absolute Gasteiger partial charge is 0.249 e. The molecule has 0 saturated carbocycles. The molecule has 0 aromatic heterocycles. The van der Waals surface area contributed by atoms with E-state index in [4.69, 9.17) is 0 Å². The van der Waals surface area contributed by atoms with Gasteiger partial charge in [-0.05, 0) is 44.0 Å². The predicted octanol–water partition coefficient (Wildman–Crippen LogP) is 3.49. The second-order valence-corrected chi connectivity index (χ2v) is 5.67. The molecule has 1 amide bonds. The van der Waals surface area contributed by atoms with Crippen molar-refractivity contribution in [3.05, 3.63) is 60.2 Å². The summed E-state index contributed by atoms with van der Waals surface area (Å²) in [6.45, 7) is 5.63. The minimum absolute atomic E-state index is 0.149. The van der Waals surface area contributed by atoms with Crippen LogP contribution in [0.2, 0.25) is 0 Å². The number of carbonyl (C=O) groups excluding carboxylic acids is 1. The number of hydrogen-bond donors (Lipinski definition) is 0. The quantitative estimate of drug-likeness (QED) is 0.862. The van der Waals surface area contributed by atoms with Gasteiger partial charge in [-0.3, -0.25) is 4.79 Å². The summed E-state index contributed by atoms with van der Waals surface area (Å²) >= 11 is 0. The topological polar surface area (TPSA) is 23.6 Å². The molecule has 22 heavy (non-hydrogen) atoms. The van der Waals surface area contributed by atoms with Gasteiger partial charge < -0.3 is 9.80 Å². The van der Waals surface area contributed by atoms with E-state index in [-0.39, 0.29) is 11.9 Å². The number of hydrogen-bond acceptors (Lipinski definition) is 2. The van der Waals surface area contributed by atoms with E-state index in [1.54, 1.807) is 0 Å². The fourth-order valence-corrected chi connectivity index (χ4v) is 3.20. The Hall–Kier alpha value is -2.29. The Balaban J connectivity index is 1.83. The van der Waals surface area contributed by atoms with Gasteiger partial charge >= 0.3 is 0 Å². The SMILES string of the molecule is CCN(C(=O)C(C)N1CCc2ccccc21)c1ccccc1. The number of likely N-dealkylation sites (N-methyl/N-ethyl adjacent to an activating group) is 1. The van der Waals surface area contributed by atoms with Crippen molar-refractivity contribution in [2.75, 3.05) is 22.9 Å². The van der Waals surface area contributed by atoms with Crippen LogP contribution in [0.3, 0.4) is 0 Å². The molecule has 1 aliphatic rings. The lowest BCUT2D eigenvalue weighted by molar-refractivity contribution is -0.119. The molecule has 1 aliphatic heterocycles. The van der Waals surface area contributed by atoms with E-state index in [2.05, 4.69) is 23.1 Å². The van der Waals surface area contributed by atoms with Crippen LogP contribution in [0.15, 0.2) is 54.6 Å². The van der Waals surface area contributed by atoms with Crippen molar-refractivity contribution in [3.8, 4) is 0 Å². The molecular weight excluding hydrogens is 272 g/mol. The van der Waals surface area contributed by atoms with Crippen molar-refractivity contribution in [1.29, 1.82) is 0 Å². The van der Waals surface area contributed by atoms with Gasteiger partial charge in [-0.2, -0.15) is 0 Å². The molecule has 0 bridgehead atoms. The van der Waals surface area contributed by atoms with Crippen molar-refractivity contribution in [1.82, 2.24) is 0 Å². The van der Waals surface area contributed by atoms with Crippen LogP contribution in [0.1, 0.15) is 19.4 Å². The standard InChI is InChI=1S/C19H22N2O/c1-3-20(17-10-5-4-6-11-17)19(22)15(2)21-14-13-16-9-7-8-12-18(16)21/h4-12,15H,3,13-14H2,1-2H3. The van der Waals surface area contributed by atoms with Gasteiger partial charge in [0, 0.05) is 24.5 Å². The van der Waals surface area contributed by atoms with Crippen molar-refractivity contribution in [3.63, 3.8) is 0 Å². The fraction of sp³-hybridized carbons (Fsp3) is 0.316. The number of para-hydroxylation sites is 2. The van der Waals surface area contributed by atoms with Gasteiger partial charge in [-0.1, -0.05) is 36.4 Å². The van der Waals surface area contributed by atoms with Crippen LogP contribution < -0.4 is 9.80 Å². The number of amides is 1. The first-order valence-corrected chi connectivity index (χ1v) is 7.93. The first kappa shape index (κ1) is 14.6. The van der Waals surface area contributed by atoms with Crippen molar-refractivity contribution < 1.29 is 4.79 Å². The second kappa shape index (κ2) is 6.22. The lowest BCUT2D eigenvalue weighted by atomic mass is 10.1. The van der Waals surface area contributed by atoms with Gasteiger partial charge in [0.25, 0.3) is 0 Å². The number of fused-ring (bicyclic) bond motifs is 1. The van der Waals surface area contributed by atoms with E-state index < -0.39 is 0 Å². The van der Waals surface area contributed by atoms with E-state index >= 15 is 0 Å². The molecular formula is C19H22N2O. The predicted molar refractivity (Wildman–Crippen MR) is 91.4 cm³/mol. The molecule has 0 fully saturated rings. The third kappa shape index (κ3) is 2.59. The molecule has 114 valence electrons. The first-order chi connectivity index (χ1) is 10.7. The van der Waals surface area contributed by atoms with E-state index in [0.717, 1.165) is 18.7 Å². The van der Waals surface area contributed by atoms with Crippen LogP contribution in [0.4, 0.5) is 11.4 Å². The Bertz CT molecular complexity index is 653. The van der Waals surface area contributed by atoms with E-state index in [1.807, 2.05) is 55.1 Å².